The van der Waals surface area contributed by atoms with E-state index in [1.54, 1.807) is 23.0 Å². The van der Waals surface area contributed by atoms with Gasteiger partial charge in [0.15, 0.2) is 0 Å². The van der Waals surface area contributed by atoms with Gasteiger partial charge in [0.1, 0.15) is 5.69 Å². The lowest BCUT2D eigenvalue weighted by atomic mass is 10.1. The highest BCUT2D eigenvalue weighted by atomic mass is 16.6. The van der Waals surface area contributed by atoms with Gasteiger partial charge in [-0.1, -0.05) is 18.2 Å². The molecule has 1 heterocycles. The molecule has 3 rings (SSSR count). The minimum Gasteiger partial charge on any atom is -0.361 e. The number of para-hydroxylation sites is 1. The topological polar surface area (TPSA) is 146 Å². The number of carbonyl (C=O) groups excluding carboxylic acids is 2. The third-order valence-corrected chi connectivity index (χ3v) is 3.71. The first-order chi connectivity index (χ1) is 13.5. The minimum absolute atomic E-state index is 0.0461. The molecule has 0 saturated heterocycles. The largest absolute Gasteiger partial charge is 0.361 e. The third kappa shape index (κ3) is 4.07. The average Bonchev–Trinajstić information content (AvgIpc) is 3.12. The van der Waals surface area contributed by atoms with Crippen LogP contribution in [0.5, 0.6) is 0 Å². The Hall–Kier alpha value is -4.34. The second-order valence-electron chi connectivity index (χ2n) is 5.58. The monoisotopic (exact) mass is 378 g/mol. The van der Waals surface area contributed by atoms with Crippen molar-refractivity contribution in [1.82, 2.24) is 15.2 Å². The molecule has 0 saturated carbocycles. The van der Waals surface area contributed by atoms with Crippen molar-refractivity contribution in [1.29, 1.82) is 0 Å². The molecule has 0 fully saturated rings. The van der Waals surface area contributed by atoms with E-state index in [1.165, 1.54) is 18.3 Å². The molecule has 140 valence electrons. The van der Waals surface area contributed by atoms with Crippen molar-refractivity contribution in [3.63, 3.8) is 0 Å². The fourth-order valence-corrected chi connectivity index (χ4v) is 2.38. The van der Waals surface area contributed by atoms with Crippen LogP contribution in [0.15, 0.2) is 65.9 Å². The van der Waals surface area contributed by atoms with Gasteiger partial charge in [0, 0.05) is 29.5 Å². The first kappa shape index (κ1) is 18.5. The maximum Gasteiger partial charge on any atom is 0.329 e. The highest BCUT2D eigenvalue weighted by Gasteiger charge is 2.13. The molecule has 0 unspecified atom stereocenters. The van der Waals surface area contributed by atoms with Crippen molar-refractivity contribution in [3.05, 3.63) is 76.5 Å². The fourth-order valence-electron chi connectivity index (χ4n) is 2.38. The van der Waals surface area contributed by atoms with Crippen LogP contribution in [0.2, 0.25) is 0 Å². The number of nitro groups is 1. The van der Waals surface area contributed by atoms with Crippen molar-refractivity contribution in [2.75, 3.05) is 0 Å². The predicted molar refractivity (Wildman–Crippen MR) is 101 cm³/mol. The second kappa shape index (κ2) is 7.91. The average molecular weight is 378 g/mol. The van der Waals surface area contributed by atoms with Gasteiger partial charge in [-0.25, -0.2) is 10.1 Å². The first-order valence-electron chi connectivity index (χ1n) is 7.98. The number of non-ortho nitro benzene ring substituents is 1. The van der Waals surface area contributed by atoms with Gasteiger partial charge in [0.2, 0.25) is 0 Å². The predicted octanol–water partition coefficient (Wildman–Crippen LogP) is 1.38. The van der Waals surface area contributed by atoms with Gasteiger partial charge in [0.05, 0.1) is 16.8 Å². The van der Waals surface area contributed by atoms with E-state index in [9.17, 15) is 19.7 Å². The van der Waals surface area contributed by atoms with Crippen molar-refractivity contribution >= 4 is 23.7 Å². The molecule has 10 heteroatoms. The van der Waals surface area contributed by atoms with E-state index in [0.29, 0.717) is 16.8 Å². The first-order valence-corrected chi connectivity index (χ1v) is 7.98. The highest BCUT2D eigenvalue weighted by Crippen LogP contribution is 2.25. The minimum atomic E-state index is -1.16. The van der Waals surface area contributed by atoms with Gasteiger partial charge in [-0.15, -0.1) is 0 Å². The molecule has 10 nitrogen and oxygen atoms in total. The summed E-state index contributed by atoms with van der Waals surface area (Å²) in [6, 6.07) is 15.1. The van der Waals surface area contributed by atoms with Crippen molar-refractivity contribution in [2.45, 2.75) is 0 Å². The Balaban J connectivity index is 1.99. The van der Waals surface area contributed by atoms with E-state index in [4.69, 9.17) is 5.73 Å². The Labute approximate surface area is 158 Å². The molecule has 0 radical (unpaired) electrons. The van der Waals surface area contributed by atoms with E-state index in [2.05, 4.69) is 10.2 Å². The normalized spacial score (nSPS) is 10.7. The number of hydrogen-bond acceptors (Lipinski definition) is 6. The summed E-state index contributed by atoms with van der Waals surface area (Å²) in [4.78, 5) is 32.4. The Morgan fingerprint density at radius 2 is 1.82 bits per heavy atom. The molecule has 0 aliphatic carbocycles. The van der Waals surface area contributed by atoms with E-state index < -0.39 is 16.7 Å². The lowest BCUT2D eigenvalue weighted by Crippen LogP contribution is -2.32. The molecule has 1 aromatic heterocycles. The van der Waals surface area contributed by atoms with E-state index in [1.807, 2.05) is 35.8 Å². The number of nitrogens with zero attached hydrogens (tertiary/aromatic N) is 4. The van der Waals surface area contributed by atoms with Crippen LogP contribution in [0, 0.1) is 10.1 Å². The number of benzene rings is 2. The summed E-state index contributed by atoms with van der Waals surface area (Å²) in [5, 5.41) is 19.1. The Bertz CT molecular complexity index is 1060. The molecule has 2 amide bonds. The van der Waals surface area contributed by atoms with E-state index >= 15 is 0 Å². The summed E-state index contributed by atoms with van der Waals surface area (Å²) in [6.07, 6.45) is 2.98. The zero-order valence-electron chi connectivity index (χ0n) is 14.4. The summed E-state index contributed by atoms with van der Waals surface area (Å²) in [7, 11) is 0. The van der Waals surface area contributed by atoms with Crippen LogP contribution in [-0.2, 0) is 9.59 Å². The van der Waals surface area contributed by atoms with Crippen LogP contribution in [0.3, 0.4) is 0 Å². The van der Waals surface area contributed by atoms with E-state index in [-0.39, 0.29) is 5.69 Å². The van der Waals surface area contributed by atoms with Crippen LogP contribution in [0.1, 0.15) is 5.56 Å². The fraction of sp³-hybridized carbons (Fsp3) is 0. The van der Waals surface area contributed by atoms with Crippen LogP contribution >= 0.6 is 0 Å². The summed E-state index contributed by atoms with van der Waals surface area (Å²) < 4.78 is 1.61. The highest BCUT2D eigenvalue weighted by molar-refractivity contribution is 6.34. The Morgan fingerprint density at radius 1 is 1.14 bits per heavy atom. The molecule has 0 aliphatic heterocycles. The summed E-state index contributed by atoms with van der Waals surface area (Å²) in [5.74, 6) is -2.21. The number of carbonyl (C=O) groups is 2. The molecule has 0 atom stereocenters. The Morgan fingerprint density at radius 3 is 2.43 bits per heavy atom. The molecule has 0 spiro atoms. The number of hydrazone groups is 1. The Kier molecular flexibility index (Phi) is 5.21. The number of primary amides is 1. The maximum absolute atomic E-state index is 11.2. The quantitative estimate of drug-likeness (QED) is 0.298. The lowest BCUT2D eigenvalue weighted by molar-refractivity contribution is -0.384. The number of nitrogens with one attached hydrogen (secondary N) is 1. The van der Waals surface area contributed by atoms with Gasteiger partial charge in [-0.3, -0.25) is 19.7 Å². The second-order valence-corrected chi connectivity index (χ2v) is 5.58. The van der Waals surface area contributed by atoms with Crippen LogP contribution < -0.4 is 11.2 Å². The molecule has 0 bridgehead atoms. The van der Waals surface area contributed by atoms with Crippen LogP contribution in [-0.4, -0.2) is 32.7 Å². The number of rotatable bonds is 5. The lowest BCUT2D eigenvalue weighted by Gasteiger charge is -2.00. The number of amides is 2. The maximum atomic E-state index is 11.2. The van der Waals surface area contributed by atoms with Gasteiger partial charge in [-0.05, 0) is 24.3 Å². The number of aromatic nitrogens is 2. The molecule has 3 aromatic rings. The van der Waals surface area contributed by atoms with Crippen molar-refractivity contribution in [3.8, 4) is 16.9 Å². The third-order valence-electron chi connectivity index (χ3n) is 3.71. The molecule has 2 aromatic carbocycles. The van der Waals surface area contributed by atoms with E-state index in [0.717, 1.165) is 5.69 Å². The van der Waals surface area contributed by atoms with Gasteiger partial charge < -0.3 is 5.73 Å². The summed E-state index contributed by atoms with van der Waals surface area (Å²) in [5.41, 5.74) is 9.22. The molecule has 28 heavy (non-hydrogen) atoms. The number of hydrogen-bond donors (Lipinski definition) is 2. The molecule has 0 aliphatic rings. The molecular formula is C18H14N6O4. The summed E-state index contributed by atoms with van der Waals surface area (Å²) in [6.45, 7) is 0. The van der Waals surface area contributed by atoms with Gasteiger partial charge in [-0.2, -0.15) is 10.2 Å². The standard InChI is InChI=1S/C18H14N6O4/c19-17(25)18(26)21-20-10-13-11-23(14-4-2-1-3-5-14)22-16(13)12-6-8-15(9-7-12)24(27)28/h1-11H,(H2,19,25)(H,21,26)/b20-10+. The van der Waals surface area contributed by atoms with Crippen molar-refractivity contribution in [2.24, 2.45) is 10.8 Å². The van der Waals surface area contributed by atoms with Gasteiger partial charge in [0.25, 0.3) is 5.69 Å². The van der Waals surface area contributed by atoms with Gasteiger partial charge >= 0.3 is 11.8 Å². The van der Waals surface area contributed by atoms with Crippen molar-refractivity contribution < 1.29 is 14.5 Å². The zero-order valence-corrected chi connectivity index (χ0v) is 14.4. The summed E-state index contributed by atoms with van der Waals surface area (Å²) >= 11 is 0. The smallest absolute Gasteiger partial charge is 0.329 e. The van der Waals surface area contributed by atoms with Crippen LogP contribution in [0.4, 0.5) is 5.69 Å². The molecular weight excluding hydrogens is 364 g/mol. The SMILES string of the molecule is NC(=O)C(=O)N/N=C/c1cn(-c2ccccc2)nc1-c1ccc([N+](=O)[O-])cc1. The zero-order chi connectivity index (χ0) is 20.1. The number of nitrogens with two attached hydrogens (primary N) is 1. The van der Waals surface area contributed by atoms with Crippen LogP contribution in [0.25, 0.3) is 16.9 Å². The molecule has 3 N–H and O–H groups in total. The number of nitro benzene ring substituents is 1.